The highest BCUT2D eigenvalue weighted by atomic mass is 35.5. The molecule has 7 heteroatoms. The molecular formula is C12H16Cl2N2O2S. The summed E-state index contributed by atoms with van der Waals surface area (Å²) < 4.78 is 27.6. The number of aryl methyl sites for hydroxylation is 1. The second-order valence-electron chi connectivity index (χ2n) is 4.75. The fourth-order valence-corrected chi connectivity index (χ4v) is 4.65. The van der Waals surface area contributed by atoms with Crippen molar-refractivity contribution in [3.05, 3.63) is 27.2 Å². The van der Waals surface area contributed by atoms with Crippen molar-refractivity contribution in [2.75, 3.05) is 13.1 Å². The van der Waals surface area contributed by atoms with Gasteiger partial charge >= 0.3 is 0 Å². The third-order valence-corrected chi connectivity index (χ3v) is 5.92. The molecule has 1 heterocycles. The van der Waals surface area contributed by atoms with Gasteiger partial charge in [-0.05, 0) is 44.0 Å². The van der Waals surface area contributed by atoms with E-state index < -0.39 is 10.0 Å². The lowest BCUT2D eigenvalue weighted by atomic mass is 10.2. The van der Waals surface area contributed by atoms with E-state index in [4.69, 9.17) is 23.2 Å². The van der Waals surface area contributed by atoms with Crippen LogP contribution in [0.5, 0.6) is 0 Å². The van der Waals surface area contributed by atoms with Crippen LogP contribution >= 0.6 is 23.2 Å². The van der Waals surface area contributed by atoms with E-state index in [9.17, 15) is 8.42 Å². The number of nitrogens with one attached hydrogen (secondary N) is 2. The molecule has 4 nitrogen and oxygen atoms in total. The Kier molecular flexibility index (Phi) is 4.42. The summed E-state index contributed by atoms with van der Waals surface area (Å²) in [4.78, 5) is 0.0890. The minimum absolute atomic E-state index is 0.0890. The molecule has 1 aromatic carbocycles. The Bertz CT molecular complexity index is 570. The normalized spacial score (nSPS) is 19.9. The Morgan fingerprint density at radius 3 is 2.63 bits per heavy atom. The van der Waals surface area contributed by atoms with Crippen LogP contribution in [0.25, 0.3) is 0 Å². The molecule has 106 valence electrons. The smallest absolute Gasteiger partial charge is 0.242 e. The van der Waals surface area contributed by atoms with Gasteiger partial charge in [0, 0.05) is 17.6 Å². The van der Waals surface area contributed by atoms with Crippen LogP contribution in [0.4, 0.5) is 0 Å². The lowest BCUT2D eigenvalue weighted by Gasteiger charge is -2.16. The Labute approximate surface area is 123 Å². The molecule has 19 heavy (non-hydrogen) atoms. The van der Waals surface area contributed by atoms with Crippen LogP contribution in [0.2, 0.25) is 10.0 Å². The first-order valence-electron chi connectivity index (χ1n) is 6.01. The van der Waals surface area contributed by atoms with Gasteiger partial charge in [0.2, 0.25) is 10.0 Å². The van der Waals surface area contributed by atoms with Gasteiger partial charge in [0.15, 0.2) is 0 Å². The zero-order chi connectivity index (χ0) is 14.2. The van der Waals surface area contributed by atoms with Gasteiger partial charge in [-0.15, -0.1) is 0 Å². The Hall–Kier alpha value is -0.330. The van der Waals surface area contributed by atoms with E-state index in [1.807, 2.05) is 0 Å². The van der Waals surface area contributed by atoms with Crippen LogP contribution in [0.3, 0.4) is 0 Å². The van der Waals surface area contributed by atoms with Crippen LogP contribution < -0.4 is 10.0 Å². The number of benzene rings is 1. The van der Waals surface area contributed by atoms with Gasteiger partial charge in [0.25, 0.3) is 0 Å². The van der Waals surface area contributed by atoms with Crippen LogP contribution in [0.1, 0.15) is 17.5 Å². The zero-order valence-corrected chi connectivity index (χ0v) is 13.1. The first-order chi connectivity index (χ1) is 8.83. The maximum Gasteiger partial charge on any atom is 0.242 e. The number of hydrogen-bond acceptors (Lipinski definition) is 3. The summed E-state index contributed by atoms with van der Waals surface area (Å²) in [6, 6.07) is 1.58. The van der Waals surface area contributed by atoms with E-state index in [-0.39, 0.29) is 16.0 Å². The molecule has 2 N–H and O–H groups in total. The maximum atomic E-state index is 12.5. The minimum atomic E-state index is -3.66. The molecule has 2 rings (SSSR count). The van der Waals surface area contributed by atoms with Crippen molar-refractivity contribution in [1.29, 1.82) is 0 Å². The molecule has 0 radical (unpaired) electrons. The molecule has 1 aliphatic heterocycles. The molecule has 0 bridgehead atoms. The van der Waals surface area contributed by atoms with Crippen LogP contribution in [0, 0.1) is 13.8 Å². The third kappa shape index (κ3) is 3.06. The molecule has 1 fully saturated rings. The fourth-order valence-electron chi connectivity index (χ4n) is 2.17. The second-order valence-corrected chi connectivity index (χ2v) is 7.19. The highest BCUT2D eigenvalue weighted by Gasteiger charge is 2.27. The van der Waals surface area contributed by atoms with Crippen molar-refractivity contribution >= 4 is 33.2 Å². The van der Waals surface area contributed by atoms with Crippen molar-refractivity contribution < 1.29 is 8.42 Å². The standard InChI is InChI=1S/C12H16Cl2N2O2S/c1-7-5-10(13)8(2)12(11(7)14)19(17,18)16-9-3-4-15-6-9/h5,9,15-16H,3-4,6H2,1-2H3. The van der Waals surface area contributed by atoms with Gasteiger partial charge in [-0.25, -0.2) is 13.1 Å². The van der Waals surface area contributed by atoms with E-state index in [2.05, 4.69) is 10.0 Å². The van der Waals surface area contributed by atoms with Crippen LogP contribution in [0.15, 0.2) is 11.0 Å². The first-order valence-corrected chi connectivity index (χ1v) is 8.25. The SMILES string of the molecule is Cc1cc(Cl)c(C)c(S(=O)(=O)NC2CCNC2)c1Cl. The van der Waals surface area contributed by atoms with Gasteiger partial charge in [-0.1, -0.05) is 23.2 Å². The Morgan fingerprint density at radius 1 is 1.37 bits per heavy atom. The van der Waals surface area contributed by atoms with Gasteiger partial charge in [0.05, 0.1) is 5.02 Å². The summed E-state index contributed by atoms with van der Waals surface area (Å²) in [5.74, 6) is 0. The molecule has 0 spiro atoms. The molecule has 1 atom stereocenters. The second kappa shape index (κ2) is 5.58. The molecule has 0 aromatic heterocycles. The van der Waals surface area contributed by atoms with Gasteiger partial charge < -0.3 is 5.32 Å². The molecule has 1 unspecified atom stereocenters. The topological polar surface area (TPSA) is 58.2 Å². The maximum absolute atomic E-state index is 12.5. The van der Waals surface area contributed by atoms with Crippen molar-refractivity contribution in [2.45, 2.75) is 31.2 Å². The number of rotatable bonds is 3. The lowest BCUT2D eigenvalue weighted by molar-refractivity contribution is 0.559. The average molecular weight is 323 g/mol. The van der Waals surface area contributed by atoms with Crippen molar-refractivity contribution in [3.8, 4) is 0 Å². The monoisotopic (exact) mass is 322 g/mol. The van der Waals surface area contributed by atoms with Crippen molar-refractivity contribution in [1.82, 2.24) is 10.0 Å². The summed E-state index contributed by atoms with van der Waals surface area (Å²) in [7, 11) is -3.66. The van der Waals surface area contributed by atoms with Crippen LogP contribution in [-0.4, -0.2) is 27.5 Å². The minimum Gasteiger partial charge on any atom is -0.315 e. The third-order valence-electron chi connectivity index (χ3n) is 3.24. The summed E-state index contributed by atoms with van der Waals surface area (Å²) >= 11 is 12.2. The molecule has 0 amide bonds. The molecule has 1 aliphatic rings. The average Bonchev–Trinajstić information content (AvgIpc) is 2.78. The summed E-state index contributed by atoms with van der Waals surface area (Å²) in [5, 5.41) is 3.76. The fraction of sp³-hybridized carbons (Fsp3) is 0.500. The number of halogens is 2. The van der Waals surface area contributed by atoms with E-state index in [1.54, 1.807) is 19.9 Å². The Balaban J connectivity index is 2.45. The van der Waals surface area contributed by atoms with E-state index in [1.165, 1.54) is 0 Å². The van der Waals surface area contributed by atoms with Crippen molar-refractivity contribution in [2.24, 2.45) is 0 Å². The largest absolute Gasteiger partial charge is 0.315 e. The first kappa shape index (κ1) is 15.1. The van der Waals surface area contributed by atoms with Crippen LogP contribution in [-0.2, 0) is 10.0 Å². The lowest BCUT2D eigenvalue weighted by Crippen LogP contribution is -2.36. The van der Waals surface area contributed by atoms with Gasteiger partial charge in [0.1, 0.15) is 4.90 Å². The molecule has 0 aliphatic carbocycles. The number of sulfonamides is 1. The highest BCUT2D eigenvalue weighted by molar-refractivity contribution is 7.89. The summed E-state index contributed by atoms with van der Waals surface area (Å²) in [6.45, 7) is 4.85. The van der Waals surface area contributed by atoms with Gasteiger partial charge in [-0.3, -0.25) is 0 Å². The van der Waals surface area contributed by atoms with E-state index in [0.29, 0.717) is 22.7 Å². The molecule has 0 saturated carbocycles. The van der Waals surface area contributed by atoms with E-state index in [0.717, 1.165) is 13.0 Å². The Morgan fingerprint density at radius 2 is 2.05 bits per heavy atom. The molecular weight excluding hydrogens is 307 g/mol. The summed E-state index contributed by atoms with van der Waals surface area (Å²) in [5.41, 5.74) is 1.14. The predicted octanol–water partition coefficient (Wildman–Crippen LogP) is 2.25. The highest BCUT2D eigenvalue weighted by Crippen LogP contribution is 2.33. The summed E-state index contributed by atoms with van der Waals surface area (Å²) in [6.07, 6.45) is 0.773. The van der Waals surface area contributed by atoms with Gasteiger partial charge in [-0.2, -0.15) is 0 Å². The number of hydrogen-bond donors (Lipinski definition) is 2. The quantitative estimate of drug-likeness (QED) is 0.897. The van der Waals surface area contributed by atoms with Crippen molar-refractivity contribution in [3.63, 3.8) is 0 Å². The molecule has 1 aromatic rings. The molecule has 1 saturated heterocycles. The zero-order valence-electron chi connectivity index (χ0n) is 10.8. The predicted molar refractivity (Wildman–Crippen MR) is 77.5 cm³/mol. The van der Waals surface area contributed by atoms with E-state index >= 15 is 0 Å².